The highest BCUT2D eigenvalue weighted by molar-refractivity contribution is 6.08. The van der Waals surface area contributed by atoms with Crippen molar-refractivity contribution in [2.24, 2.45) is 0 Å². The van der Waals surface area contributed by atoms with Crippen molar-refractivity contribution in [3.63, 3.8) is 0 Å². The molecule has 6 heteroatoms. The third-order valence-electron chi connectivity index (χ3n) is 5.91. The molecule has 0 saturated carbocycles. The van der Waals surface area contributed by atoms with Crippen LogP contribution in [-0.4, -0.2) is 23.3 Å². The number of carbonyl (C=O) groups is 2. The van der Waals surface area contributed by atoms with Crippen molar-refractivity contribution in [2.75, 3.05) is 11.4 Å². The molecule has 2 amide bonds. The number of fused-ring (bicyclic) bond motifs is 3. The van der Waals surface area contributed by atoms with Crippen LogP contribution in [0, 0.1) is 0 Å². The van der Waals surface area contributed by atoms with Gasteiger partial charge >= 0.3 is 0 Å². The monoisotopic (exact) mass is 411 g/mol. The molecule has 0 aliphatic carbocycles. The summed E-state index contributed by atoms with van der Waals surface area (Å²) in [5.41, 5.74) is 3.28. The maximum atomic E-state index is 13.3. The molecule has 0 radical (unpaired) electrons. The van der Waals surface area contributed by atoms with Gasteiger partial charge in [0.2, 0.25) is 5.91 Å². The summed E-state index contributed by atoms with van der Waals surface area (Å²) >= 11 is 0. The van der Waals surface area contributed by atoms with E-state index in [1.807, 2.05) is 42.5 Å². The van der Waals surface area contributed by atoms with Crippen LogP contribution in [0.1, 0.15) is 35.3 Å². The molecule has 31 heavy (non-hydrogen) atoms. The molecule has 0 bridgehead atoms. The third kappa shape index (κ3) is 3.17. The number of hydrogen-bond acceptors (Lipinski definition) is 3. The van der Waals surface area contributed by atoms with Gasteiger partial charge in [0.05, 0.1) is 17.1 Å². The van der Waals surface area contributed by atoms with Gasteiger partial charge in [-0.15, -0.1) is 0 Å². The van der Waals surface area contributed by atoms with E-state index in [2.05, 4.69) is 10.3 Å². The first kappa shape index (κ1) is 19.1. The molecule has 4 aromatic rings. The summed E-state index contributed by atoms with van der Waals surface area (Å²) < 4.78 is 0. The second-order valence-electron chi connectivity index (χ2n) is 7.77. The van der Waals surface area contributed by atoms with Crippen LogP contribution < -0.4 is 15.6 Å². The van der Waals surface area contributed by atoms with E-state index in [0.29, 0.717) is 40.3 Å². The van der Waals surface area contributed by atoms with Crippen molar-refractivity contribution >= 4 is 39.3 Å². The average molecular weight is 411 g/mol. The molecule has 0 spiro atoms. The van der Waals surface area contributed by atoms with Gasteiger partial charge in [0.25, 0.3) is 5.91 Å². The summed E-state index contributed by atoms with van der Waals surface area (Å²) in [6.45, 7) is 2.08. The minimum atomic E-state index is -0.257. The lowest BCUT2D eigenvalue weighted by atomic mass is 9.95. The van der Waals surface area contributed by atoms with E-state index in [1.165, 1.54) is 0 Å². The average Bonchev–Trinajstić information content (AvgIpc) is 2.79. The summed E-state index contributed by atoms with van der Waals surface area (Å²) in [6, 6.07) is 19.9. The highest BCUT2D eigenvalue weighted by Gasteiger charge is 2.28. The van der Waals surface area contributed by atoms with Crippen molar-refractivity contribution in [3.05, 3.63) is 88.1 Å². The lowest BCUT2D eigenvalue weighted by Gasteiger charge is -2.34. The third-order valence-corrected chi connectivity index (χ3v) is 5.91. The quantitative estimate of drug-likeness (QED) is 0.491. The van der Waals surface area contributed by atoms with E-state index in [-0.39, 0.29) is 23.3 Å². The van der Waals surface area contributed by atoms with Crippen LogP contribution in [-0.2, 0) is 4.79 Å². The molecule has 1 atom stereocenters. The molecule has 0 saturated heterocycles. The number of nitrogens with zero attached hydrogens (tertiary/aromatic N) is 1. The number of amides is 2. The molecule has 5 rings (SSSR count). The van der Waals surface area contributed by atoms with Crippen LogP contribution in [0.25, 0.3) is 21.8 Å². The van der Waals surface area contributed by atoms with Gasteiger partial charge in [-0.3, -0.25) is 14.4 Å². The standard InChI is InChI=1S/C25H21N3O3/c1-15(29)28-14-13-21(16-7-3-5-12-22(16)28)27-25(31)19-10-6-9-18-23(19)26-20-11-4-2-8-17(20)24(18)30/h2-12,21H,13-14H2,1H3,(H,26,30)(H,27,31). The molecule has 154 valence electrons. The smallest absolute Gasteiger partial charge is 0.253 e. The zero-order valence-corrected chi connectivity index (χ0v) is 17.0. The Hall–Kier alpha value is -3.93. The van der Waals surface area contributed by atoms with Crippen molar-refractivity contribution in [1.82, 2.24) is 10.3 Å². The summed E-state index contributed by atoms with van der Waals surface area (Å²) in [7, 11) is 0. The van der Waals surface area contributed by atoms with Crippen LogP contribution in [0.5, 0.6) is 0 Å². The minimum Gasteiger partial charge on any atom is -0.354 e. The summed E-state index contributed by atoms with van der Waals surface area (Å²) in [4.78, 5) is 43.2. The first-order chi connectivity index (χ1) is 15.0. The van der Waals surface area contributed by atoms with Gasteiger partial charge in [-0.25, -0.2) is 0 Å². The van der Waals surface area contributed by atoms with Gasteiger partial charge in [-0.2, -0.15) is 0 Å². The van der Waals surface area contributed by atoms with Gasteiger partial charge in [0.15, 0.2) is 5.43 Å². The number of anilines is 1. The van der Waals surface area contributed by atoms with Crippen LogP contribution in [0.4, 0.5) is 5.69 Å². The Morgan fingerprint density at radius 3 is 2.55 bits per heavy atom. The van der Waals surface area contributed by atoms with E-state index in [1.54, 1.807) is 36.1 Å². The fourth-order valence-electron chi connectivity index (χ4n) is 4.41. The predicted octanol–water partition coefficient (Wildman–Crippen LogP) is 3.91. The van der Waals surface area contributed by atoms with Gasteiger partial charge in [-0.1, -0.05) is 36.4 Å². The fraction of sp³-hybridized carbons (Fsp3) is 0.160. The molecule has 6 nitrogen and oxygen atoms in total. The molecule has 0 fully saturated rings. The van der Waals surface area contributed by atoms with Crippen molar-refractivity contribution in [1.29, 1.82) is 0 Å². The minimum absolute atomic E-state index is 0.0178. The number of aromatic amines is 1. The first-order valence-electron chi connectivity index (χ1n) is 10.3. The topological polar surface area (TPSA) is 82.3 Å². The van der Waals surface area contributed by atoms with Crippen LogP contribution in [0.3, 0.4) is 0 Å². The number of rotatable bonds is 2. The van der Waals surface area contributed by atoms with Gasteiger partial charge in [0.1, 0.15) is 0 Å². The summed E-state index contributed by atoms with van der Waals surface area (Å²) in [5, 5.41) is 4.19. The Labute approximate surface area is 178 Å². The number of pyridine rings is 1. The number of aromatic nitrogens is 1. The van der Waals surface area contributed by atoms with E-state index < -0.39 is 0 Å². The first-order valence-corrected chi connectivity index (χ1v) is 10.3. The number of hydrogen-bond donors (Lipinski definition) is 2. The fourth-order valence-corrected chi connectivity index (χ4v) is 4.41. The molecular weight excluding hydrogens is 390 g/mol. The van der Waals surface area contributed by atoms with Crippen molar-refractivity contribution < 1.29 is 9.59 Å². The number of para-hydroxylation sites is 3. The maximum Gasteiger partial charge on any atom is 0.253 e. The van der Waals surface area contributed by atoms with Gasteiger partial charge in [0, 0.05) is 35.4 Å². The molecule has 1 aromatic heterocycles. The van der Waals surface area contributed by atoms with E-state index in [0.717, 1.165) is 11.3 Å². The molecule has 2 N–H and O–H groups in total. The highest BCUT2D eigenvalue weighted by atomic mass is 16.2. The Balaban J connectivity index is 1.55. The number of carbonyl (C=O) groups excluding carboxylic acids is 2. The summed E-state index contributed by atoms with van der Waals surface area (Å²) in [6.07, 6.45) is 0.618. The SMILES string of the molecule is CC(=O)N1CCC(NC(=O)c2cccc3c(=O)c4ccccc4[nH]c23)c2ccccc21. The Morgan fingerprint density at radius 2 is 1.71 bits per heavy atom. The van der Waals surface area contributed by atoms with E-state index in [9.17, 15) is 14.4 Å². The van der Waals surface area contributed by atoms with E-state index in [4.69, 9.17) is 0 Å². The molecule has 2 heterocycles. The molecule has 1 unspecified atom stereocenters. The Morgan fingerprint density at radius 1 is 0.968 bits per heavy atom. The second-order valence-corrected chi connectivity index (χ2v) is 7.77. The lowest BCUT2D eigenvalue weighted by Crippen LogP contribution is -2.40. The highest BCUT2D eigenvalue weighted by Crippen LogP contribution is 2.34. The molecular formula is C25H21N3O3. The van der Waals surface area contributed by atoms with Crippen molar-refractivity contribution in [3.8, 4) is 0 Å². The zero-order chi connectivity index (χ0) is 21.5. The maximum absolute atomic E-state index is 13.3. The van der Waals surface area contributed by atoms with E-state index >= 15 is 0 Å². The molecule has 1 aliphatic rings. The van der Waals surface area contributed by atoms with Crippen LogP contribution >= 0.6 is 0 Å². The normalized spacial score (nSPS) is 15.6. The Kier molecular flexibility index (Phi) is 4.55. The molecule has 1 aliphatic heterocycles. The van der Waals surface area contributed by atoms with Crippen LogP contribution in [0.2, 0.25) is 0 Å². The number of H-pyrrole nitrogens is 1. The predicted molar refractivity (Wildman–Crippen MR) is 121 cm³/mol. The number of nitrogens with one attached hydrogen (secondary N) is 2. The zero-order valence-electron chi connectivity index (χ0n) is 17.0. The summed E-state index contributed by atoms with van der Waals surface area (Å²) in [5.74, 6) is -0.275. The Bertz CT molecular complexity index is 1410. The largest absolute Gasteiger partial charge is 0.354 e. The van der Waals surface area contributed by atoms with Crippen molar-refractivity contribution in [2.45, 2.75) is 19.4 Å². The number of benzene rings is 3. The van der Waals surface area contributed by atoms with Gasteiger partial charge < -0.3 is 15.2 Å². The lowest BCUT2D eigenvalue weighted by molar-refractivity contribution is -0.116. The van der Waals surface area contributed by atoms with Gasteiger partial charge in [-0.05, 0) is 42.3 Å². The molecule has 3 aromatic carbocycles. The van der Waals surface area contributed by atoms with Crippen LogP contribution in [0.15, 0.2) is 71.5 Å². The second kappa shape index (κ2) is 7.40.